The maximum Gasteiger partial charge on any atom is 0.238 e. The maximum absolute atomic E-state index is 11.8. The first-order chi connectivity index (χ1) is 11.7. The predicted molar refractivity (Wildman–Crippen MR) is 106 cm³/mol. The molecule has 1 heterocycles. The fourth-order valence-electron chi connectivity index (χ4n) is 2.20. The minimum absolute atomic E-state index is 0. The predicted octanol–water partition coefficient (Wildman–Crippen LogP) is 3.66. The zero-order valence-corrected chi connectivity index (χ0v) is 16.1. The van der Waals surface area contributed by atoms with Gasteiger partial charge in [-0.05, 0) is 55.6 Å². The Morgan fingerprint density at radius 2 is 1.81 bits per heavy atom. The Balaban J connectivity index is 0.00000169. The van der Waals surface area contributed by atoms with Crippen LogP contribution in [0.3, 0.4) is 0 Å². The van der Waals surface area contributed by atoms with Crippen LogP contribution in [0, 0.1) is 5.92 Å². The number of rotatable bonds is 8. The lowest BCUT2D eigenvalue weighted by Crippen LogP contribution is -2.29. The van der Waals surface area contributed by atoms with Crippen molar-refractivity contribution >= 4 is 36.4 Å². The molecule has 1 aliphatic carbocycles. The number of amides is 1. The third-order valence-electron chi connectivity index (χ3n) is 3.72. The van der Waals surface area contributed by atoms with Gasteiger partial charge in [0.05, 0.1) is 25.5 Å². The molecule has 2 N–H and O–H groups in total. The molecule has 0 bridgehead atoms. The zero-order valence-electron chi connectivity index (χ0n) is 14.4. The lowest BCUT2D eigenvalue weighted by atomic mass is 10.3. The van der Waals surface area contributed by atoms with E-state index in [-0.39, 0.29) is 30.7 Å². The third-order valence-corrected chi connectivity index (χ3v) is 3.72. The third kappa shape index (κ3) is 7.07. The number of carbonyl (C=O) groups is 1. The smallest absolute Gasteiger partial charge is 0.238 e. The molecule has 1 saturated carbocycles. The molecule has 1 amide bonds. The van der Waals surface area contributed by atoms with Crippen LogP contribution >= 0.6 is 24.8 Å². The number of hydrogen-bond donors (Lipinski definition) is 2. The molecule has 1 fully saturated rings. The summed E-state index contributed by atoms with van der Waals surface area (Å²) in [7, 11) is 1.62. The molecule has 0 atom stereocenters. The second-order valence-electron chi connectivity index (χ2n) is 5.79. The molecule has 8 heteroatoms. The number of anilines is 1. The molecule has 0 saturated heterocycles. The van der Waals surface area contributed by atoms with Gasteiger partial charge in [-0.15, -0.1) is 24.8 Å². The van der Waals surface area contributed by atoms with Crippen LogP contribution in [0.15, 0.2) is 42.6 Å². The monoisotopic (exact) mass is 399 g/mol. The minimum Gasteiger partial charge on any atom is -0.497 e. The van der Waals surface area contributed by atoms with E-state index in [0.29, 0.717) is 23.9 Å². The van der Waals surface area contributed by atoms with Gasteiger partial charge in [0.25, 0.3) is 0 Å². The Morgan fingerprint density at radius 3 is 2.38 bits per heavy atom. The first-order valence-electron chi connectivity index (χ1n) is 8.01. The van der Waals surface area contributed by atoms with Crippen LogP contribution in [0.4, 0.5) is 5.69 Å². The van der Waals surface area contributed by atoms with Crippen molar-refractivity contribution in [2.75, 3.05) is 25.5 Å². The van der Waals surface area contributed by atoms with Gasteiger partial charge in [0.2, 0.25) is 11.8 Å². The Labute approximate surface area is 165 Å². The Kier molecular flexibility index (Phi) is 9.19. The Morgan fingerprint density at radius 1 is 1.12 bits per heavy atom. The largest absolute Gasteiger partial charge is 0.497 e. The lowest BCUT2D eigenvalue weighted by molar-refractivity contribution is -0.115. The number of carbonyl (C=O) groups excluding carboxylic acids is 1. The minimum atomic E-state index is -0.0683. The number of nitrogens with one attached hydrogen (secondary N) is 2. The van der Waals surface area contributed by atoms with E-state index in [1.54, 1.807) is 25.4 Å². The van der Waals surface area contributed by atoms with Crippen LogP contribution in [0.1, 0.15) is 12.8 Å². The molecule has 0 unspecified atom stereocenters. The van der Waals surface area contributed by atoms with Crippen molar-refractivity contribution in [3.05, 3.63) is 42.6 Å². The quantitative estimate of drug-likeness (QED) is 0.708. The molecule has 3 rings (SSSR count). The molecular formula is C18H23Cl2N3O3. The van der Waals surface area contributed by atoms with Crippen LogP contribution in [0.25, 0.3) is 0 Å². The molecule has 0 aliphatic heterocycles. The molecule has 26 heavy (non-hydrogen) atoms. The lowest BCUT2D eigenvalue weighted by Gasteiger charge is -2.08. The normalized spacial score (nSPS) is 12.3. The van der Waals surface area contributed by atoms with E-state index in [1.807, 2.05) is 24.3 Å². The zero-order chi connectivity index (χ0) is 16.8. The van der Waals surface area contributed by atoms with E-state index in [0.717, 1.165) is 18.2 Å². The summed E-state index contributed by atoms with van der Waals surface area (Å²) in [5.41, 5.74) is 0.648. The van der Waals surface area contributed by atoms with Crippen LogP contribution < -0.4 is 20.1 Å². The number of hydrogen-bond acceptors (Lipinski definition) is 5. The van der Waals surface area contributed by atoms with E-state index in [1.165, 1.54) is 12.8 Å². The van der Waals surface area contributed by atoms with Gasteiger partial charge in [0.1, 0.15) is 11.5 Å². The van der Waals surface area contributed by atoms with Crippen molar-refractivity contribution < 1.29 is 14.3 Å². The highest BCUT2D eigenvalue weighted by atomic mass is 35.5. The van der Waals surface area contributed by atoms with E-state index in [4.69, 9.17) is 9.47 Å². The highest BCUT2D eigenvalue weighted by molar-refractivity contribution is 5.92. The molecular weight excluding hydrogens is 377 g/mol. The van der Waals surface area contributed by atoms with Gasteiger partial charge in [0, 0.05) is 6.07 Å². The van der Waals surface area contributed by atoms with Crippen molar-refractivity contribution in [1.82, 2.24) is 10.3 Å². The molecule has 1 aromatic carbocycles. The number of methoxy groups -OCH3 is 1. The van der Waals surface area contributed by atoms with Crippen molar-refractivity contribution in [3.63, 3.8) is 0 Å². The van der Waals surface area contributed by atoms with E-state index >= 15 is 0 Å². The second kappa shape index (κ2) is 10.9. The van der Waals surface area contributed by atoms with Gasteiger partial charge in [-0.25, -0.2) is 4.98 Å². The SMILES string of the molecule is COc1ccc(Oc2ccc(NC(=O)CNCC3CC3)cn2)cc1.Cl.Cl. The van der Waals surface area contributed by atoms with Gasteiger partial charge < -0.3 is 20.1 Å². The number of benzene rings is 1. The van der Waals surface area contributed by atoms with Crippen LogP contribution in [0.5, 0.6) is 17.4 Å². The number of pyridine rings is 1. The average Bonchev–Trinajstić information content (AvgIpc) is 3.42. The summed E-state index contributed by atoms with van der Waals surface area (Å²) in [4.78, 5) is 16.0. The van der Waals surface area contributed by atoms with Crippen LogP contribution in [0.2, 0.25) is 0 Å². The molecule has 1 aliphatic rings. The molecule has 0 spiro atoms. The first kappa shape index (κ1) is 22.0. The second-order valence-corrected chi connectivity index (χ2v) is 5.79. The molecule has 142 valence electrons. The summed E-state index contributed by atoms with van der Waals surface area (Å²) in [6, 6.07) is 10.7. The summed E-state index contributed by atoms with van der Waals surface area (Å²) in [6.45, 7) is 1.24. The van der Waals surface area contributed by atoms with E-state index in [2.05, 4.69) is 15.6 Å². The van der Waals surface area contributed by atoms with Gasteiger partial charge in [-0.2, -0.15) is 0 Å². The number of halogens is 2. The summed E-state index contributed by atoms with van der Waals surface area (Å²) in [5, 5.41) is 5.96. The number of ether oxygens (including phenoxy) is 2. The van der Waals surface area contributed by atoms with E-state index in [9.17, 15) is 4.79 Å². The Hall–Kier alpha value is -2.02. The summed E-state index contributed by atoms with van der Waals surface area (Å²) in [5.74, 6) is 2.59. The van der Waals surface area contributed by atoms with Crippen LogP contribution in [-0.2, 0) is 4.79 Å². The van der Waals surface area contributed by atoms with Gasteiger partial charge in [-0.3, -0.25) is 4.79 Å². The van der Waals surface area contributed by atoms with Crippen molar-refractivity contribution in [2.45, 2.75) is 12.8 Å². The summed E-state index contributed by atoms with van der Waals surface area (Å²) >= 11 is 0. The standard InChI is InChI=1S/C18H21N3O3.2ClH/c1-23-15-5-7-16(8-6-15)24-18-9-4-14(11-20-18)21-17(22)12-19-10-13-2-3-13;;/h4-9,11,13,19H,2-3,10,12H2,1H3,(H,21,22);2*1H. The van der Waals surface area contributed by atoms with Gasteiger partial charge >= 0.3 is 0 Å². The topological polar surface area (TPSA) is 72.5 Å². The molecule has 0 radical (unpaired) electrons. The summed E-state index contributed by atoms with van der Waals surface area (Å²) < 4.78 is 10.7. The first-order valence-corrected chi connectivity index (χ1v) is 8.01. The fraction of sp³-hybridized carbons (Fsp3) is 0.333. The van der Waals surface area contributed by atoms with Crippen molar-refractivity contribution in [1.29, 1.82) is 0 Å². The maximum atomic E-state index is 11.8. The van der Waals surface area contributed by atoms with Gasteiger partial charge in [0.15, 0.2) is 0 Å². The summed E-state index contributed by atoms with van der Waals surface area (Å²) in [6.07, 6.45) is 4.13. The highest BCUT2D eigenvalue weighted by Gasteiger charge is 2.20. The average molecular weight is 400 g/mol. The van der Waals surface area contributed by atoms with E-state index < -0.39 is 0 Å². The Bertz CT molecular complexity index is 677. The molecule has 6 nitrogen and oxygen atoms in total. The van der Waals surface area contributed by atoms with Gasteiger partial charge in [-0.1, -0.05) is 0 Å². The molecule has 1 aromatic heterocycles. The van der Waals surface area contributed by atoms with Crippen LogP contribution in [-0.4, -0.2) is 31.1 Å². The van der Waals surface area contributed by atoms with Crippen molar-refractivity contribution in [3.8, 4) is 17.4 Å². The molecule has 2 aromatic rings. The number of nitrogens with zero attached hydrogens (tertiary/aromatic N) is 1. The highest BCUT2D eigenvalue weighted by Crippen LogP contribution is 2.27. The number of aromatic nitrogens is 1. The van der Waals surface area contributed by atoms with Crippen molar-refractivity contribution in [2.24, 2.45) is 5.92 Å². The fourth-order valence-corrected chi connectivity index (χ4v) is 2.20.